The summed E-state index contributed by atoms with van der Waals surface area (Å²) >= 11 is 1.58. The van der Waals surface area contributed by atoms with Crippen LogP contribution in [0.3, 0.4) is 0 Å². The Hall–Kier alpha value is -2.19. The van der Waals surface area contributed by atoms with E-state index in [1.807, 2.05) is 12.1 Å². The summed E-state index contributed by atoms with van der Waals surface area (Å²) in [6, 6.07) is 3.91. The molecule has 2 atom stereocenters. The monoisotopic (exact) mass is 316 g/mol. The van der Waals surface area contributed by atoms with Crippen LogP contribution in [0.25, 0.3) is 20.8 Å². The van der Waals surface area contributed by atoms with Gasteiger partial charge in [-0.3, -0.25) is 5.10 Å². The maximum absolute atomic E-state index is 10.0. The fraction of sp³-hybridized carbons (Fsp3) is 0.357. The van der Waals surface area contributed by atoms with Gasteiger partial charge in [0.15, 0.2) is 0 Å². The molecule has 1 aliphatic rings. The number of aliphatic hydroxyl groups excluding tert-OH is 1. The van der Waals surface area contributed by atoms with Crippen LogP contribution >= 0.6 is 11.3 Å². The fourth-order valence-corrected chi connectivity index (χ4v) is 3.88. The highest BCUT2D eigenvalue weighted by atomic mass is 32.1. The first-order valence-corrected chi connectivity index (χ1v) is 8.04. The van der Waals surface area contributed by atoms with E-state index in [0.29, 0.717) is 5.82 Å². The summed E-state index contributed by atoms with van der Waals surface area (Å²) < 4.78 is 0.943. The molecule has 22 heavy (non-hydrogen) atoms. The Bertz CT molecular complexity index is 799. The minimum absolute atomic E-state index is 0.0233. The van der Waals surface area contributed by atoms with Crippen molar-refractivity contribution in [1.82, 2.24) is 20.2 Å². The normalized spacial score (nSPS) is 21.5. The van der Waals surface area contributed by atoms with E-state index in [2.05, 4.69) is 25.5 Å². The quantitative estimate of drug-likeness (QED) is 0.588. The first kappa shape index (κ1) is 13.5. The van der Waals surface area contributed by atoms with Crippen LogP contribution in [0, 0.1) is 0 Å². The van der Waals surface area contributed by atoms with E-state index in [1.165, 1.54) is 0 Å². The number of nitrogens with zero attached hydrogens (tertiary/aromatic N) is 3. The summed E-state index contributed by atoms with van der Waals surface area (Å²) in [6.07, 6.45) is 4.16. The summed E-state index contributed by atoms with van der Waals surface area (Å²) in [4.78, 5) is 9.65. The SMILES string of the molecule is Nc1nc(N[C@@H]2CCC[C@@H]2O)c2sc(-c3ccn[nH]3)cc2n1. The number of nitrogens with one attached hydrogen (secondary N) is 2. The number of nitrogen functional groups attached to an aromatic ring is 1. The second-order valence-electron chi connectivity index (χ2n) is 5.47. The molecule has 0 aromatic carbocycles. The Morgan fingerprint density at radius 3 is 3.00 bits per heavy atom. The van der Waals surface area contributed by atoms with Crippen LogP contribution in [0.1, 0.15) is 19.3 Å². The van der Waals surface area contributed by atoms with E-state index in [-0.39, 0.29) is 18.1 Å². The predicted molar refractivity (Wildman–Crippen MR) is 86.7 cm³/mol. The van der Waals surface area contributed by atoms with Crippen molar-refractivity contribution in [2.24, 2.45) is 0 Å². The first-order valence-electron chi connectivity index (χ1n) is 7.22. The standard InChI is InChI=1S/C14H16N6OS/c15-14-18-9-6-11(8-4-5-16-20-8)22-12(9)13(19-14)17-7-2-1-3-10(7)21/h4-7,10,21H,1-3H2,(H,16,20)(H3,15,17,18,19)/t7-,10+/m1/s1. The topological polar surface area (TPSA) is 113 Å². The Morgan fingerprint density at radius 2 is 2.27 bits per heavy atom. The van der Waals surface area contributed by atoms with Crippen molar-refractivity contribution in [2.75, 3.05) is 11.1 Å². The molecular formula is C14H16N6OS. The smallest absolute Gasteiger partial charge is 0.222 e. The zero-order chi connectivity index (χ0) is 15.1. The van der Waals surface area contributed by atoms with E-state index in [0.717, 1.165) is 40.1 Å². The molecule has 5 N–H and O–H groups in total. The number of H-pyrrole nitrogens is 1. The maximum atomic E-state index is 10.0. The molecule has 114 valence electrons. The van der Waals surface area contributed by atoms with Gasteiger partial charge in [-0.05, 0) is 31.4 Å². The van der Waals surface area contributed by atoms with Crippen LogP contribution in [-0.2, 0) is 0 Å². The summed E-state index contributed by atoms with van der Waals surface area (Å²) in [7, 11) is 0. The third-order valence-corrected chi connectivity index (χ3v) is 5.12. The van der Waals surface area contributed by atoms with Gasteiger partial charge in [-0.15, -0.1) is 11.3 Å². The third-order valence-electron chi connectivity index (χ3n) is 3.96. The van der Waals surface area contributed by atoms with Crippen LogP contribution in [-0.4, -0.2) is 37.4 Å². The molecule has 1 saturated carbocycles. The molecular weight excluding hydrogens is 300 g/mol. The zero-order valence-corrected chi connectivity index (χ0v) is 12.6. The summed E-state index contributed by atoms with van der Waals surface area (Å²) in [5.41, 5.74) is 7.56. The second kappa shape index (κ2) is 5.22. The molecule has 4 rings (SSSR count). The van der Waals surface area contributed by atoms with Crippen LogP contribution < -0.4 is 11.1 Å². The van der Waals surface area contributed by atoms with Gasteiger partial charge in [0.1, 0.15) is 5.82 Å². The molecule has 0 saturated heterocycles. The Morgan fingerprint density at radius 1 is 1.36 bits per heavy atom. The number of aromatic amines is 1. The average molecular weight is 316 g/mol. The number of aliphatic hydroxyl groups is 1. The lowest BCUT2D eigenvalue weighted by atomic mass is 10.2. The zero-order valence-electron chi connectivity index (χ0n) is 11.8. The lowest BCUT2D eigenvalue weighted by Gasteiger charge is -2.17. The van der Waals surface area contributed by atoms with Crippen LogP contribution in [0.2, 0.25) is 0 Å². The molecule has 3 heterocycles. The number of aromatic nitrogens is 4. The summed E-state index contributed by atoms with van der Waals surface area (Å²) in [5, 5.41) is 20.3. The minimum atomic E-state index is -0.335. The van der Waals surface area contributed by atoms with Gasteiger partial charge in [0.05, 0.1) is 32.9 Å². The number of hydrogen-bond acceptors (Lipinski definition) is 7. The highest BCUT2D eigenvalue weighted by Crippen LogP contribution is 2.36. The van der Waals surface area contributed by atoms with Gasteiger partial charge >= 0.3 is 0 Å². The molecule has 3 aromatic rings. The maximum Gasteiger partial charge on any atom is 0.222 e. The molecule has 0 bridgehead atoms. The predicted octanol–water partition coefficient (Wildman–Crippen LogP) is 1.99. The molecule has 0 aliphatic heterocycles. The van der Waals surface area contributed by atoms with Crippen molar-refractivity contribution in [2.45, 2.75) is 31.4 Å². The van der Waals surface area contributed by atoms with Gasteiger partial charge in [-0.1, -0.05) is 0 Å². The Kier molecular flexibility index (Phi) is 3.20. The number of rotatable bonds is 3. The molecule has 0 amide bonds. The van der Waals surface area contributed by atoms with E-state index in [9.17, 15) is 5.11 Å². The lowest BCUT2D eigenvalue weighted by Crippen LogP contribution is -2.28. The molecule has 3 aromatic heterocycles. The van der Waals surface area contributed by atoms with Crippen LogP contribution in [0.5, 0.6) is 0 Å². The van der Waals surface area contributed by atoms with E-state index in [4.69, 9.17) is 5.73 Å². The average Bonchev–Trinajstić information content (AvgIpc) is 3.19. The molecule has 8 heteroatoms. The number of nitrogens with two attached hydrogens (primary N) is 1. The molecule has 1 aliphatic carbocycles. The van der Waals surface area contributed by atoms with Crippen molar-refractivity contribution in [3.63, 3.8) is 0 Å². The molecule has 0 radical (unpaired) electrons. The van der Waals surface area contributed by atoms with Gasteiger partial charge in [0.25, 0.3) is 0 Å². The molecule has 1 fully saturated rings. The van der Waals surface area contributed by atoms with Gasteiger partial charge in [-0.25, -0.2) is 4.98 Å². The highest BCUT2D eigenvalue weighted by molar-refractivity contribution is 7.22. The van der Waals surface area contributed by atoms with Crippen LogP contribution in [0.15, 0.2) is 18.3 Å². The summed E-state index contributed by atoms with van der Waals surface area (Å²) in [6.45, 7) is 0. The highest BCUT2D eigenvalue weighted by Gasteiger charge is 2.26. The Labute approximate surface area is 130 Å². The number of hydrogen-bond donors (Lipinski definition) is 4. The number of fused-ring (bicyclic) bond motifs is 1. The minimum Gasteiger partial charge on any atom is -0.391 e. The summed E-state index contributed by atoms with van der Waals surface area (Å²) in [5.74, 6) is 0.931. The Balaban J connectivity index is 1.76. The number of thiophene rings is 1. The molecule has 0 spiro atoms. The van der Waals surface area contributed by atoms with Crippen molar-refractivity contribution >= 4 is 33.3 Å². The lowest BCUT2D eigenvalue weighted by molar-refractivity contribution is 0.171. The van der Waals surface area contributed by atoms with Crippen LogP contribution in [0.4, 0.5) is 11.8 Å². The largest absolute Gasteiger partial charge is 0.391 e. The van der Waals surface area contributed by atoms with Crippen molar-refractivity contribution < 1.29 is 5.11 Å². The van der Waals surface area contributed by atoms with Gasteiger partial charge in [0.2, 0.25) is 5.95 Å². The van der Waals surface area contributed by atoms with Crippen molar-refractivity contribution in [3.8, 4) is 10.6 Å². The second-order valence-corrected chi connectivity index (χ2v) is 6.53. The van der Waals surface area contributed by atoms with E-state index >= 15 is 0 Å². The fourth-order valence-electron chi connectivity index (χ4n) is 2.86. The third kappa shape index (κ3) is 2.30. The van der Waals surface area contributed by atoms with Gasteiger partial charge in [0, 0.05) is 6.20 Å². The first-order chi connectivity index (χ1) is 10.7. The molecule has 7 nitrogen and oxygen atoms in total. The molecule has 0 unspecified atom stereocenters. The van der Waals surface area contributed by atoms with Gasteiger partial charge in [-0.2, -0.15) is 10.1 Å². The van der Waals surface area contributed by atoms with Gasteiger partial charge < -0.3 is 16.2 Å². The number of anilines is 2. The van der Waals surface area contributed by atoms with E-state index in [1.54, 1.807) is 17.5 Å². The van der Waals surface area contributed by atoms with Crippen molar-refractivity contribution in [3.05, 3.63) is 18.3 Å². The van der Waals surface area contributed by atoms with E-state index < -0.39 is 0 Å². The van der Waals surface area contributed by atoms with Crippen molar-refractivity contribution in [1.29, 1.82) is 0 Å².